The molecule has 24 heavy (non-hydrogen) atoms. The molecule has 0 aliphatic carbocycles. The first-order chi connectivity index (χ1) is 11.5. The van der Waals surface area contributed by atoms with Crippen molar-refractivity contribution < 1.29 is 13.9 Å². The van der Waals surface area contributed by atoms with E-state index in [0.717, 1.165) is 12.0 Å². The van der Waals surface area contributed by atoms with Crippen LogP contribution in [-0.2, 0) is 9.53 Å². The number of hydrogen-bond acceptors (Lipinski definition) is 3. The molecular weight excluding hydrogens is 305 g/mol. The first-order valence-corrected chi connectivity index (χ1v) is 7.73. The van der Waals surface area contributed by atoms with Gasteiger partial charge in [0.1, 0.15) is 12.1 Å². The van der Waals surface area contributed by atoms with Gasteiger partial charge >= 0.3 is 0 Å². The average Bonchev–Trinajstić information content (AvgIpc) is 2.59. The summed E-state index contributed by atoms with van der Waals surface area (Å²) in [5.74, 6) is -0.0713. The van der Waals surface area contributed by atoms with Crippen LogP contribution in [-0.4, -0.2) is 31.9 Å². The Balaban J connectivity index is 2.69. The van der Waals surface area contributed by atoms with E-state index in [1.165, 1.54) is 12.1 Å². The Labute approximate surface area is 143 Å². The Kier molecular flexibility index (Phi) is 8.31. The number of aldehydes is 1. The Morgan fingerprint density at radius 3 is 2.83 bits per heavy atom. The number of rotatable bonds is 9. The topological polar surface area (TPSA) is 29.5 Å². The summed E-state index contributed by atoms with van der Waals surface area (Å²) in [5, 5.41) is 0. The summed E-state index contributed by atoms with van der Waals surface area (Å²) in [7, 11) is 3.51. The van der Waals surface area contributed by atoms with Gasteiger partial charge in [-0.1, -0.05) is 24.4 Å². The molecule has 0 saturated heterocycles. The molecule has 4 heteroatoms. The predicted octanol–water partition coefficient (Wildman–Crippen LogP) is 4.21. The lowest BCUT2D eigenvalue weighted by molar-refractivity contribution is -0.109. The highest BCUT2D eigenvalue weighted by Crippen LogP contribution is 2.19. The number of allylic oxidation sites excluding steroid dienone is 3. The molecule has 0 spiro atoms. The molecule has 1 rings (SSSR count). The fraction of sp³-hybridized carbons (Fsp3) is 0.300. The van der Waals surface area contributed by atoms with Crippen molar-refractivity contribution in [3.8, 4) is 0 Å². The van der Waals surface area contributed by atoms with Crippen LogP contribution in [0.5, 0.6) is 0 Å². The van der Waals surface area contributed by atoms with E-state index in [9.17, 15) is 9.18 Å². The van der Waals surface area contributed by atoms with Crippen LogP contribution in [0, 0.1) is 5.82 Å². The van der Waals surface area contributed by atoms with Gasteiger partial charge in [0.15, 0.2) is 5.76 Å². The second-order valence-electron chi connectivity index (χ2n) is 5.40. The van der Waals surface area contributed by atoms with Crippen LogP contribution in [0.2, 0.25) is 0 Å². The number of benzene rings is 1. The van der Waals surface area contributed by atoms with Crippen molar-refractivity contribution in [2.75, 3.05) is 20.7 Å². The van der Waals surface area contributed by atoms with Crippen molar-refractivity contribution in [1.82, 2.24) is 4.90 Å². The van der Waals surface area contributed by atoms with Gasteiger partial charge in [-0.25, -0.2) is 4.39 Å². The largest absolute Gasteiger partial charge is 0.489 e. The van der Waals surface area contributed by atoms with Crippen LogP contribution < -0.4 is 0 Å². The molecule has 1 atom stereocenters. The third-order valence-electron chi connectivity index (χ3n) is 3.77. The predicted molar refractivity (Wildman–Crippen MR) is 95.0 cm³/mol. The van der Waals surface area contributed by atoms with Crippen molar-refractivity contribution >= 4 is 6.29 Å². The van der Waals surface area contributed by atoms with Crippen molar-refractivity contribution in [2.24, 2.45) is 0 Å². The molecule has 1 aromatic carbocycles. The fourth-order valence-electron chi connectivity index (χ4n) is 2.13. The van der Waals surface area contributed by atoms with E-state index >= 15 is 0 Å². The number of nitrogens with zero attached hydrogens (tertiary/aromatic N) is 1. The number of methoxy groups -OCH3 is 1. The standard InChI is InChI=1S/C20H24FNO2/c1-5-20(24-4)11-6-8-16(2)22(3)13-12-18(15-23)17-9-7-10-19(21)14-17/h5-10,14-15,18H,1,12-13H2,2-4H3/b16-8+. The summed E-state index contributed by atoms with van der Waals surface area (Å²) >= 11 is 0. The number of halogens is 1. The van der Waals surface area contributed by atoms with Crippen LogP contribution >= 0.6 is 0 Å². The lowest BCUT2D eigenvalue weighted by atomic mass is 9.97. The zero-order valence-electron chi connectivity index (χ0n) is 14.5. The van der Waals surface area contributed by atoms with Gasteiger partial charge in [0.2, 0.25) is 0 Å². The molecule has 0 aliphatic rings. The van der Waals surface area contributed by atoms with Gasteiger partial charge in [0.05, 0.1) is 7.11 Å². The molecular formula is C20H24FNO2. The highest BCUT2D eigenvalue weighted by Gasteiger charge is 2.12. The van der Waals surface area contributed by atoms with Crippen LogP contribution in [0.15, 0.2) is 66.3 Å². The molecule has 0 radical (unpaired) electrons. The summed E-state index contributed by atoms with van der Waals surface area (Å²) in [5.41, 5.74) is 4.69. The maximum absolute atomic E-state index is 13.3. The Morgan fingerprint density at radius 1 is 1.50 bits per heavy atom. The molecule has 1 aromatic rings. The van der Waals surface area contributed by atoms with Gasteiger partial charge in [-0.3, -0.25) is 0 Å². The van der Waals surface area contributed by atoms with Gasteiger partial charge < -0.3 is 14.4 Å². The number of ether oxygens (including phenoxy) is 1. The lowest BCUT2D eigenvalue weighted by Crippen LogP contribution is -2.19. The number of hydrogen-bond donors (Lipinski definition) is 0. The highest BCUT2D eigenvalue weighted by atomic mass is 19.1. The molecule has 0 bridgehead atoms. The van der Waals surface area contributed by atoms with E-state index < -0.39 is 0 Å². The zero-order valence-corrected chi connectivity index (χ0v) is 14.5. The first kappa shape index (κ1) is 19.5. The second-order valence-corrected chi connectivity index (χ2v) is 5.40. The molecule has 1 unspecified atom stereocenters. The number of carbonyl (C=O) groups is 1. The van der Waals surface area contributed by atoms with Gasteiger partial charge in [-0.2, -0.15) is 0 Å². The Hall–Kier alpha value is -2.58. The zero-order chi connectivity index (χ0) is 17.9. The molecule has 0 N–H and O–H groups in total. The first-order valence-electron chi connectivity index (χ1n) is 7.73. The maximum atomic E-state index is 13.3. The van der Waals surface area contributed by atoms with Crippen molar-refractivity contribution in [3.05, 3.63) is 77.6 Å². The molecule has 3 nitrogen and oxygen atoms in total. The molecule has 0 saturated carbocycles. The van der Waals surface area contributed by atoms with Gasteiger partial charge in [0, 0.05) is 25.2 Å². The Morgan fingerprint density at radius 2 is 2.25 bits per heavy atom. The molecule has 128 valence electrons. The van der Waals surface area contributed by atoms with Crippen molar-refractivity contribution in [2.45, 2.75) is 19.3 Å². The number of carbonyl (C=O) groups excluding carboxylic acids is 1. The van der Waals surface area contributed by atoms with Crippen LogP contribution in [0.3, 0.4) is 0 Å². The fourth-order valence-corrected chi connectivity index (χ4v) is 2.13. The quantitative estimate of drug-likeness (QED) is 0.294. The molecule has 0 fully saturated rings. The normalized spacial score (nSPS) is 11.9. The summed E-state index contributed by atoms with van der Waals surface area (Å²) in [4.78, 5) is 13.4. The summed E-state index contributed by atoms with van der Waals surface area (Å²) < 4.78 is 18.3. The van der Waals surface area contributed by atoms with E-state index in [1.807, 2.05) is 24.9 Å². The van der Waals surface area contributed by atoms with Crippen molar-refractivity contribution in [3.63, 3.8) is 0 Å². The summed E-state index contributed by atoms with van der Waals surface area (Å²) in [6, 6.07) is 6.19. The van der Waals surface area contributed by atoms with E-state index in [0.29, 0.717) is 24.3 Å². The smallest absolute Gasteiger partial charge is 0.161 e. The summed E-state index contributed by atoms with van der Waals surface area (Å²) in [6.45, 7) is 6.27. The van der Waals surface area contributed by atoms with Crippen LogP contribution in [0.25, 0.3) is 0 Å². The minimum atomic E-state index is -0.322. The van der Waals surface area contributed by atoms with Crippen molar-refractivity contribution in [1.29, 1.82) is 0 Å². The molecule has 0 heterocycles. The van der Waals surface area contributed by atoms with E-state index in [-0.39, 0.29) is 11.7 Å². The molecule has 0 amide bonds. The minimum Gasteiger partial charge on any atom is -0.489 e. The van der Waals surface area contributed by atoms with E-state index in [4.69, 9.17) is 4.74 Å². The molecule has 0 aromatic heterocycles. The third kappa shape index (κ3) is 6.27. The van der Waals surface area contributed by atoms with E-state index in [2.05, 4.69) is 12.3 Å². The van der Waals surface area contributed by atoms with Gasteiger partial charge in [-0.05, 0) is 49.3 Å². The lowest BCUT2D eigenvalue weighted by Gasteiger charge is -2.21. The van der Waals surface area contributed by atoms with Gasteiger partial charge in [-0.15, -0.1) is 0 Å². The van der Waals surface area contributed by atoms with Crippen LogP contribution in [0.1, 0.15) is 24.8 Å². The third-order valence-corrected chi connectivity index (χ3v) is 3.77. The maximum Gasteiger partial charge on any atom is 0.161 e. The Bertz CT molecular complexity index is 657. The molecule has 0 aliphatic heterocycles. The second kappa shape index (κ2) is 10.2. The summed E-state index contributed by atoms with van der Waals surface area (Å²) in [6.07, 6.45) is 6.73. The monoisotopic (exact) mass is 329 g/mol. The SMILES string of the molecule is C=CC(=C=C/C=C(\C)N(C)CCC(C=O)c1cccc(F)c1)OC. The van der Waals surface area contributed by atoms with Gasteiger partial charge in [0.25, 0.3) is 0 Å². The minimum absolute atomic E-state index is 0.313. The highest BCUT2D eigenvalue weighted by molar-refractivity contribution is 5.62. The van der Waals surface area contributed by atoms with Crippen LogP contribution in [0.4, 0.5) is 4.39 Å². The average molecular weight is 329 g/mol. The van der Waals surface area contributed by atoms with E-state index in [1.54, 1.807) is 31.4 Å².